The summed E-state index contributed by atoms with van der Waals surface area (Å²) in [4.78, 5) is 22.4. The fourth-order valence-electron chi connectivity index (χ4n) is 2.38. The lowest BCUT2D eigenvalue weighted by Gasteiger charge is -2.15. The van der Waals surface area contributed by atoms with E-state index in [0.29, 0.717) is 35.0 Å². The molecule has 2 aromatic rings. The first-order chi connectivity index (χ1) is 12.7. The molecule has 0 radical (unpaired) electrons. The summed E-state index contributed by atoms with van der Waals surface area (Å²) >= 11 is 3.36. The van der Waals surface area contributed by atoms with Crippen molar-refractivity contribution >= 4 is 45.1 Å². The minimum Gasteiger partial charge on any atom is -0.395 e. The molecule has 9 heteroatoms. The van der Waals surface area contributed by atoms with Crippen molar-refractivity contribution in [3.05, 3.63) is 47.2 Å². The molecule has 26 heavy (non-hydrogen) atoms. The van der Waals surface area contributed by atoms with Crippen LogP contribution in [0.25, 0.3) is 0 Å². The summed E-state index contributed by atoms with van der Waals surface area (Å²) in [6.07, 6.45) is 6.25. The van der Waals surface area contributed by atoms with E-state index in [9.17, 15) is 4.79 Å². The van der Waals surface area contributed by atoms with Crippen LogP contribution < -0.4 is 16.0 Å². The minimum atomic E-state index is -0.161. The summed E-state index contributed by atoms with van der Waals surface area (Å²) in [7, 11) is 0. The van der Waals surface area contributed by atoms with Gasteiger partial charge >= 0.3 is 6.03 Å². The van der Waals surface area contributed by atoms with Gasteiger partial charge in [-0.25, -0.2) is 9.78 Å². The highest BCUT2D eigenvalue weighted by Crippen LogP contribution is 2.23. The van der Waals surface area contributed by atoms with Crippen LogP contribution in [-0.4, -0.2) is 45.7 Å². The van der Waals surface area contributed by atoms with E-state index in [1.807, 2.05) is 30.3 Å². The van der Waals surface area contributed by atoms with Gasteiger partial charge in [0.25, 0.3) is 0 Å². The van der Waals surface area contributed by atoms with Crippen molar-refractivity contribution in [1.29, 1.82) is 0 Å². The van der Waals surface area contributed by atoms with E-state index < -0.39 is 0 Å². The first-order valence-corrected chi connectivity index (χ1v) is 8.93. The third kappa shape index (κ3) is 4.70. The average Bonchev–Trinajstić information content (AvgIpc) is 3.17. The maximum absolute atomic E-state index is 12.2. The number of carbonyl (C=O) groups is 1. The van der Waals surface area contributed by atoms with Gasteiger partial charge in [0.05, 0.1) is 11.1 Å². The van der Waals surface area contributed by atoms with Crippen molar-refractivity contribution in [1.82, 2.24) is 14.9 Å². The number of hydrogen-bond acceptors (Lipinski definition) is 6. The molecular formula is C17H19BrN6O2. The average molecular weight is 419 g/mol. The van der Waals surface area contributed by atoms with Gasteiger partial charge < -0.3 is 26.0 Å². The lowest BCUT2D eigenvalue weighted by atomic mass is 10.3. The third-order valence-electron chi connectivity index (χ3n) is 3.60. The van der Waals surface area contributed by atoms with Crippen molar-refractivity contribution in [3.8, 4) is 0 Å². The SMILES string of the molecule is O=C(Nc1cccc(Nc2ncc(Br)c(NCCO)n2)c1)N1C=CCC1. The van der Waals surface area contributed by atoms with Gasteiger partial charge in [-0.2, -0.15) is 4.98 Å². The highest BCUT2D eigenvalue weighted by atomic mass is 79.9. The van der Waals surface area contributed by atoms with E-state index in [1.165, 1.54) is 0 Å². The number of amides is 2. The largest absolute Gasteiger partial charge is 0.395 e. The molecule has 2 heterocycles. The summed E-state index contributed by atoms with van der Waals surface area (Å²) in [6, 6.07) is 7.16. The minimum absolute atomic E-state index is 0.00710. The zero-order valence-corrected chi connectivity index (χ0v) is 15.5. The van der Waals surface area contributed by atoms with E-state index >= 15 is 0 Å². The molecule has 1 aliphatic rings. The maximum atomic E-state index is 12.2. The van der Waals surface area contributed by atoms with Crippen LogP contribution in [0.3, 0.4) is 0 Å². The smallest absolute Gasteiger partial charge is 0.325 e. The van der Waals surface area contributed by atoms with E-state index in [0.717, 1.165) is 12.1 Å². The summed E-state index contributed by atoms with van der Waals surface area (Å²) in [6.45, 7) is 1.09. The molecule has 1 aromatic heterocycles. The standard InChI is InChI=1S/C17H19BrN6O2/c18-14-11-20-16(23-15(14)19-6-9-25)21-12-4-3-5-13(10-12)22-17(26)24-7-1-2-8-24/h1,3-5,7,10-11,25H,2,6,8-9H2,(H,22,26)(H2,19,20,21,23). The number of urea groups is 1. The first-order valence-electron chi connectivity index (χ1n) is 8.14. The van der Waals surface area contributed by atoms with Crippen molar-refractivity contribution in [3.63, 3.8) is 0 Å². The predicted molar refractivity (Wildman–Crippen MR) is 105 cm³/mol. The number of aliphatic hydroxyl groups is 1. The van der Waals surface area contributed by atoms with Gasteiger partial charge in [-0.3, -0.25) is 0 Å². The molecule has 1 aromatic carbocycles. The van der Waals surface area contributed by atoms with E-state index in [2.05, 4.69) is 41.8 Å². The van der Waals surface area contributed by atoms with Gasteiger partial charge in [-0.05, 0) is 40.5 Å². The molecule has 0 saturated carbocycles. The molecule has 1 aliphatic heterocycles. The second-order valence-corrected chi connectivity index (χ2v) is 6.40. The lowest BCUT2D eigenvalue weighted by Crippen LogP contribution is -2.28. The van der Waals surface area contributed by atoms with Crippen LogP contribution in [0, 0.1) is 0 Å². The molecular weight excluding hydrogens is 400 g/mol. The van der Waals surface area contributed by atoms with E-state index in [1.54, 1.807) is 17.3 Å². The second-order valence-electron chi connectivity index (χ2n) is 5.54. The van der Waals surface area contributed by atoms with Gasteiger partial charge in [-0.15, -0.1) is 0 Å². The summed E-state index contributed by atoms with van der Waals surface area (Å²) in [5.74, 6) is 0.987. The number of hydrogen-bond donors (Lipinski definition) is 4. The molecule has 0 aliphatic carbocycles. The lowest BCUT2D eigenvalue weighted by molar-refractivity contribution is 0.231. The zero-order valence-electron chi connectivity index (χ0n) is 13.9. The van der Waals surface area contributed by atoms with Crippen molar-refractivity contribution < 1.29 is 9.90 Å². The Morgan fingerprint density at radius 2 is 2.19 bits per heavy atom. The number of nitrogens with one attached hydrogen (secondary N) is 3. The van der Waals surface area contributed by atoms with Crippen LogP contribution in [0.2, 0.25) is 0 Å². The molecule has 3 rings (SSSR count). The van der Waals surface area contributed by atoms with Gasteiger partial charge in [0.15, 0.2) is 0 Å². The number of rotatable bonds is 6. The molecule has 0 unspecified atom stereocenters. The Balaban J connectivity index is 1.68. The van der Waals surface area contributed by atoms with Crippen molar-refractivity contribution in [2.24, 2.45) is 0 Å². The maximum Gasteiger partial charge on any atom is 0.325 e. The Morgan fingerprint density at radius 3 is 2.96 bits per heavy atom. The molecule has 136 valence electrons. The molecule has 0 saturated heterocycles. The number of aromatic nitrogens is 2. The number of benzene rings is 1. The van der Waals surface area contributed by atoms with Crippen molar-refractivity contribution in [2.45, 2.75) is 6.42 Å². The molecule has 0 atom stereocenters. The normalized spacial score (nSPS) is 12.9. The van der Waals surface area contributed by atoms with Gasteiger partial charge in [-0.1, -0.05) is 12.1 Å². The highest BCUT2D eigenvalue weighted by Gasteiger charge is 2.13. The fourth-order valence-corrected chi connectivity index (χ4v) is 2.72. The van der Waals surface area contributed by atoms with Crippen LogP contribution in [0.4, 0.5) is 27.9 Å². The second kappa shape index (κ2) is 8.63. The highest BCUT2D eigenvalue weighted by molar-refractivity contribution is 9.10. The Labute approximate surface area is 159 Å². The molecule has 4 N–H and O–H groups in total. The number of anilines is 4. The topological polar surface area (TPSA) is 102 Å². The Bertz CT molecular complexity index is 814. The summed E-state index contributed by atoms with van der Waals surface area (Å²) in [5.41, 5.74) is 1.42. The molecule has 0 bridgehead atoms. The van der Waals surface area contributed by atoms with Crippen LogP contribution in [0.15, 0.2) is 47.2 Å². The Morgan fingerprint density at radius 1 is 1.35 bits per heavy atom. The predicted octanol–water partition coefficient (Wildman–Crippen LogP) is 3.14. The number of nitrogens with zero attached hydrogens (tertiary/aromatic N) is 3. The monoisotopic (exact) mass is 418 g/mol. The molecule has 0 fully saturated rings. The summed E-state index contributed by atoms with van der Waals surface area (Å²) in [5, 5.41) is 17.9. The fraction of sp³-hybridized carbons (Fsp3) is 0.235. The van der Waals surface area contributed by atoms with Crippen LogP contribution in [-0.2, 0) is 0 Å². The van der Waals surface area contributed by atoms with Crippen molar-refractivity contribution in [2.75, 3.05) is 35.6 Å². The molecule has 8 nitrogen and oxygen atoms in total. The van der Waals surface area contributed by atoms with E-state index in [4.69, 9.17) is 5.11 Å². The van der Waals surface area contributed by atoms with E-state index in [-0.39, 0.29) is 12.6 Å². The first kappa shape index (κ1) is 18.2. The van der Waals surface area contributed by atoms with Crippen LogP contribution >= 0.6 is 15.9 Å². The Kier molecular flexibility index (Phi) is 6.03. The number of carbonyl (C=O) groups excluding carboxylic acids is 1. The molecule has 0 spiro atoms. The van der Waals surface area contributed by atoms with Gasteiger partial charge in [0, 0.05) is 36.9 Å². The van der Waals surface area contributed by atoms with Crippen LogP contribution in [0.5, 0.6) is 0 Å². The number of halogens is 1. The quantitative estimate of drug-likeness (QED) is 0.574. The van der Waals surface area contributed by atoms with Gasteiger partial charge in [0.1, 0.15) is 5.82 Å². The van der Waals surface area contributed by atoms with Gasteiger partial charge in [0.2, 0.25) is 5.95 Å². The third-order valence-corrected chi connectivity index (χ3v) is 4.18. The Hall–Kier alpha value is -2.65. The number of aliphatic hydroxyl groups excluding tert-OH is 1. The summed E-state index contributed by atoms with van der Waals surface area (Å²) < 4.78 is 0.705. The van der Waals surface area contributed by atoms with Crippen LogP contribution in [0.1, 0.15) is 6.42 Å². The molecule has 2 amide bonds. The zero-order chi connectivity index (χ0) is 18.4.